The minimum atomic E-state index is -0.225. The summed E-state index contributed by atoms with van der Waals surface area (Å²) in [5, 5.41) is 4.64. The van der Waals surface area contributed by atoms with Gasteiger partial charge in [-0.3, -0.25) is 0 Å². The van der Waals surface area contributed by atoms with Gasteiger partial charge in [-0.05, 0) is 17.5 Å². The lowest BCUT2D eigenvalue weighted by atomic mass is 10.1. The maximum absolute atomic E-state index is 6.08. The van der Waals surface area contributed by atoms with Crippen molar-refractivity contribution in [2.24, 2.45) is 11.7 Å². The molecule has 0 aliphatic heterocycles. The van der Waals surface area contributed by atoms with Crippen LogP contribution in [-0.4, -0.2) is 10.1 Å². The second-order valence-corrected chi connectivity index (χ2v) is 4.99. The molecule has 2 rings (SSSR count). The molecule has 0 bridgehead atoms. The van der Waals surface area contributed by atoms with Gasteiger partial charge in [0.2, 0.25) is 5.89 Å². The minimum Gasteiger partial charge on any atom is -0.338 e. The molecule has 104 valence electrons. The van der Waals surface area contributed by atoms with Crippen molar-refractivity contribution in [3.63, 3.8) is 0 Å². The molecule has 1 atom stereocenters. The van der Waals surface area contributed by atoms with Crippen LogP contribution in [0.2, 0.25) is 5.02 Å². The Morgan fingerprint density at radius 3 is 2.63 bits per heavy atom. The molecule has 0 spiro atoms. The molecule has 2 aromatic rings. The third-order valence-electron chi connectivity index (χ3n) is 2.79. The number of hydrogen-bond acceptors (Lipinski definition) is 4. The van der Waals surface area contributed by atoms with Crippen molar-refractivity contribution in [2.75, 3.05) is 0 Å². The van der Waals surface area contributed by atoms with Gasteiger partial charge in [0.05, 0.1) is 6.04 Å². The van der Waals surface area contributed by atoms with E-state index < -0.39 is 0 Å². The Morgan fingerprint density at radius 2 is 2.00 bits per heavy atom. The fourth-order valence-electron chi connectivity index (χ4n) is 1.57. The highest BCUT2D eigenvalue weighted by Crippen LogP contribution is 2.20. The van der Waals surface area contributed by atoms with Crippen molar-refractivity contribution in [2.45, 2.75) is 26.3 Å². The van der Waals surface area contributed by atoms with E-state index in [1.54, 1.807) is 0 Å². The monoisotopic (exact) mass is 301 g/mol. The third kappa shape index (κ3) is 3.93. The van der Waals surface area contributed by atoms with Crippen molar-refractivity contribution >= 4 is 24.0 Å². The Kier molecular flexibility index (Phi) is 5.79. The Hall–Kier alpha value is -1.10. The Bertz CT molecular complexity index is 528. The Balaban J connectivity index is 0.00000180. The first kappa shape index (κ1) is 16.0. The van der Waals surface area contributed by atoms with Gasteiger partial charge < -0.3 is 10.3 Å². The van der Waals surface area contributed by atoms with Gasteiger partial charge >= 0.3 is 0 Å². The summed E-state index contributed by atoms with van der Waals surface area (Å²) in [7, 11) is 0. The molecule has 19 heavy (non-hydrogen) atoms. The van der Waals surface area contributed by atoms with Crippen LogP contribution in [0.3, 0.4) is 0 Å². The quantitative estimate of drug-likeness (QED) is 0.940. The second kappa shape index (κ2) is 6.89. The van der Waals surface area contributed by atoms with Crippen LogP contribution in [0.25, 0.3) is 0 Å². The highest BCUT2D eigenvalue weighted by molar-refractivity contribution is 6.31. The first-order chi connectivity index (χ1) is 8.58. The molecular formula is C13H17Cl2N3O. The molecule has 0 radical (unpaired) electrons. The third-order valence-corrected chi connectivity index (χ3v) is 3.16. The van der Waals surface area contributed by atoms with Crippen LogP contribution in [0.15, 0.2) is 28.8 Å². The summed E-state index contributed by atoms with van der Waals surface area (Å²) < 4.78 is 5.17. The molecule has 2 N–H and O–H groups in total. The van der Waals surface area contributed by atoms with Gasteiger partial charge in [-0.25, -0.2) is 0 Å². The van der Waals surface area contributed by atoms with Gasteiger partial charge in [0, 0.05) is 11.4 Å². The van der Waals surface area contributed by atoms with Gasteiger partial charge in [0.15, 0.2) is 5.82 Å². The van der Waals surface area contributed by atoms with Crippen LogP contribution < -0.4 is 5.73 Å². The maximum atomic E-state index is 6.08. The SMILES string of the molecule is CC(C)[C@H](N)c1nc(Cc2ccccc2Cl)no1.Cl. The fraction of sp³-hybridized carbons (Fsp3) is 0.385. The molecule has 0 aliphatic rings. The smallest absolute Gasteiger partial charge is 0.243 e. The number of rotatable bonds is 4. The molecule has 0 saturated carbocycles. The van der Waals surface area contributed by atoms with Crippen LogP contribution in [0.1, 0.15) is 37.2 Å². The maximum Gasteiger partial charge on any atom is 0.243 e. The molecule has 1 aromatic carbocycles. The van der Waals surface area contributed by atoms with Crippen molar-refractivity contribution < 1.29 is 4.52 Å². The summed E-state index contributed by atoms with van der Waals surface area (Å²) in [6.45, 7) is 4.03. The summed E-state index contributed by atoms with van der Waals surface area (Å²) in [4.78, 5) is 4.31. The topological polar surface area (TPSA) is 64.9 Å². The molecule has 1 aromatic heterocycles. The summed E-state index contributed by atoms with van der Waals surface area (Å²) >= 11 is 6.08. The molecule has 0 aliphatic carbocycles. The first-order valence-corrected chi connectivity index (χ1v) is 6.27. The summed E-state index contributed by atoms with van der Waals surface area (Å²) in [6.07, 6.45) is 0.550. The highest BCUT2D eigenvalue weighted by atomic mass is 35.5. The van der Waals surface area contributed by atoms with Crippen molar-refractivity contribution in [3.8, 4) is 0 Å². The van der Waals surface area contributed by atoms with Crippen LogP contribution in [-0.2, 0) is 6.42 Å². The fourth-order valence-corrected chi connectivity index (χ4v) is 1.77. The molecule has 0 unspecified atom stereocenters. The lowest BCUT2D eigenvalue weighted by Crippen LogP contribution is -2.17. The van der Waals surface area contributed by atoms with Gasteiger partial charge in [-0.1, -0.05) is 48.8 Å². The lowest BCUT2D eigenvalue weighted by Gasteiger charge is -2.09. The van der Waals surface area contributed by atoms with Crippen LogP contribution in [0, 0.1) is 5.92 Å². The van der Waals surface area contributed by atoms with Crippen LogP contribution >= 0.6 is 24.0 Å². The summed E-state index contributed by atoms with van der Waals surface area (Å²) in [5.41, 5.74) is 6.93. The first-order valence-electron chi connectivity index (χ1n) is 5.89. The van der Waals surface area contributed by atoms with Gasteiger partial charge in [0.1, 0.15) is 0 Å². The average molecular weight is 302 g/mol. The minimum absolute atomic E-state index is 0. The lowest BCUT2D eigenvalue weighted by molar-refractivity contribution is 0.322. The van der Waals surface area contributed by atoms with Gasteiger partial charge in [-0.2, -0.15) is 4.98 Å². The largest absolute Gasteiger partial charge is 0.338 e. The molecule has 0 saturated heterocycles. The number of benzene rings is 1. The summed E-state index contributed by atoms with van der Waals surface area (Å²) in [5.74, 6) is 1.35. The van der Waals surface area contributed by atoms with E-state index in [0.29, 0.717) is 23.2 Å². The predicted octanol–water partition coefficient (Wildman–Crippen LogP) is 3.39. The van der Waals surface area contributed by atoms with Gasteiger partial charge in [0.25, 0.3) is 0 Å². The molecule has 0 fully saturated rings. The molecule has 0 amide bonds. The molecule has 6 heteroatoms. The van der Waals surface area contributed by atoms with E-state index in [0.717, 1.165) is 5.56 Å². The highest BCUT2D eigenvalue weighted by Gasteiger charge is 2.18. The number of halogens is 2. The molecular weight excluding hydrogens is 285 g/mol. The van der Waals surface area contributed by atoms with Crippen LogP contribution in [0.4, 0.5) is 0 Å². The number of nitrogens with zero attached hydrogens (tertiary/aromatic N) is 2. The number of nitrogens with two attached hydrogens (primary N) is 1. The van der Waals surface area contributed by atoms with E-state index in [2.05, 4.69) is 10.1 Å². The van der Waals surface area contributed by atoms with Crippen molar-refractivity contribution in [3.05, 3.63) is 46.6 Å². The zero-order chi connectivity index (χ0) is 13.1. The normalized spacial score (nSPS) is 12.3. The Labute approximate surface area is 123 Å². The summed E-state index contributed by atoms with van der Waals surface area (Å²) in [6, 6.07) is 7.39. The van der Waals surface area contributed by atoms with E-state index in [4.69, 9.17) is 21.9 Å². The van der Waals surface area contributed by atoms with E-state index in [9.17, 15) is 0 Å². The zero-order valence-electron chi connectivity index (χ0n) is 10.8. The second-order valence-electron chi connectivity index (χ2n) is 4.59. The average Bonchev–Trinajstić information content (AvgIpc) is 2.79. The van der Waals surface area contributed by atoms with E-state index in [1.807, 2.05) is 38.1 Å². The molecule has 1 heterocycles. The number of hydrogen-bond donors (Lipinski definition) is 1. The van der Waals surface area contributed by atoms with Crippen molar-refractivity contribution in [1.29, 1.82) is 0 Å². The Morgan fingerprint density at radius 1 is 1.32 bits per heavy atom. The van der Waals surface area contributed by atoms with Crippen molar-refractivity contribution in [1.82, 2.24) is 10.1 Å². The van der Waals surface area contributed by atoms with E-state index in [-0.39, 0.29) is 24.4 Å². The van der Waals surface area contributed by atoms with E-state index >= 15 is 0 Å². The number of aromatic nitrogens is 2. The zero-order valence-corrected chi connectivity index (χ0v) is 12.4. The van der Waals surface area contributed by atoms with Gasteiger partial charge in [-0.15, -0.1) is 12.4 Å². The van der Waals surface area contributed by atoms with Crippen LogP contribution in [0.5, 0.6) is 0 Å². The predicted molar refractivity (Wildman–Crippen MR) is 77.6 cm³/mol. The standard InChI is InChI=1S/C13H16ClN3O.ClH/c1-8(2)12(15)13-16-11(17-18-13)7-9-5-3-4-6-10(9)14;/h3-6,8,12H,7,15H2,1-2H3;1H/t12-;/m0./s1. The molecule has 4 nitrogen and oxygen atoms in total. The van der Waals surface area contributed by atoms with E-state index in [1.165, 1.54) is 0 Å².